The van der Waals surface area contributed by atoms with E-state index >= 15 is 0 Å². The predicted molar refractivity (Wildman–Crippen MR) is 85.2 cm³/mol. The molecule has 4 heteroatoms. The highest BCUT2D eigenvalue weighted by Gasteiger charge is 2.22. The Kier molecular flexibility index (Phi) is 4.76. The van der Waals surface area contributed by atoms with E-state index in [2.05, 4.69) is 12.1 Å². The van der Waals surface area contributed by atoms with Crippen molar-refractivity contribution >= 4 is 11.8 Å². The van der Waals surface area contributed by atoms with Gasteiger partial charge in [0.2, 0.25) is 11.8 Å². The average molecular weight is 300 g/mol. The summed E-state index contributed by atoms with van der Waals surface area (Å²) >= 11 is 0. The lowest BCUT2D eigenvalue weighted by Crippen LogP contribution is -2.38. The predicted octanol–water partition coefficient (Wildman–Crippen LogP) is 2.36. The maximum Gasteiger partial charge on any atom is 0.223 e. The Morgan fingerprint density at radius 3 is 2.18 bits per heavy atom. The lowest BCUT2D eigenvalue weighted by atomic mass is 9.99. The Labute approximate surface area is 132 Å². The molecule has 0 unspecified atom stereocenters. The lowest BCUT2D eigenvalue weighted by molar-refractivity contribution is -0.138. The van der Waals surface area contributed by atoms with Crippen molar-refractivity contribution in [1.29, 1.82) is 0 Å². The van der Waals surface area contributed by atoms with Gasteiger partial charge in [0, 0.05) is 39.0 Å². The van der Waals surface area contributed by atoms with Crippen molar-refractivity contribution < 1.29 is 9.59 Å². The minimum absolute atomic E-state index is 0.111. The molecule has 2 heterocycles. The van der Waals surface area contributed by atoms with Crippen LogP contribution in [-0.4, -0.2) is 41.2 Å². The Balaban J connectivity index is 1.49. The SMILES string of the molecule is O=C(CCC(=O)N1CCc2ccccc2C1)N1CCCCC1. The van der Waals surface area contributed by atoms with Crippen LogP contribution in [0, 0.1) is 0 Å². The highest BCUT2D eigenvalue weighted by atomic mass is 16.2. The molecule has 3 rings (SSSR count). The van der Waals surface area contributed by atoms with Crippen molar-refractivity contribution in [3.05, 3.63) is 35.4 Å². The van der Waals surface area contributed by atoms with Crippen LogP contribution in [0.25, 0.3) is 0 Å². The summed E-state index contributed by atoms with van der Waals surface area (Å²) in [5.74, 6) is 0.255. The van der Waals surface area contributed by atoms with Gasteiger partial charge in [0.15, 0.2) is 0 Å². The van der Waals surface area contributed by atoms with Gasteiger partial charge in [0.25, 0.3) is 0 Å². The molecular weight excluding hydrogens is 276 g/mol. The van der Waals surface area contributed by atoms with Gasteiger partial charge in [-0.15, -0.1) is 0 Å². The first kappa shape index (κ1) is 15.1. The first-order chi connectivity index (χ1) is 10.7. The number of carbonyl (C=O) groups is 2. The quantitative estimate of drug-likeness (QED) is 0.860. The highest BCUT2D eigenvalue weighted by molar-refractivity contribution is 5.84. The first-order valence-electron chi connectivity index (χ1n) is 8.36. The fourth-order valence-electron chi connectivity index (χ4n) is 3.38. The van der Waals surface area contributed by atoms with Crippen molar-refractivity contribution in [3.63, 3.8) is 0 Å². The Hall–Kier alpha value is -1.84. The van der Waals surface area contributed by atoms with E-state index in [0.29, 0.717) is 19.4 Å². The number of carbonyl (C=O) groups excluding carboxylic acids is 2. The standard InChI is InChI=1S/C18H24N2O2/c21-17(19-11-4-1-5-12-19)8-9-18(22)20-13-10-15-6-2-3-7-16(15)14-20/h2-3,6-7H,1,4-5,8-14H2. The van der Waals surface area contributed by atoms with E-state index in [1.807, 2.05) is 21.9 Å². The van der Waals surface area contributed by atoms with E-state index in [4.69, 9.17) is 0 Å². The molecule has 0 bridgehead atoms. The fourth-order valence-corrected chi connectivity index (χ4v) is 3.38. The first-order valence-corrected chi connectivity index (χ1v) is 8.36. The summed E-state index contributed by atoms with van der Waals surface area (Å²) in [7, 11) is 0. The molecule has 1 aromatic rings. The molecule has 1 fully saturated rings. The number of amides is 2. The summed E-state index contributed by atoms with van der Waals surface area (Å²) in [6, 6.07) is 8.30. The molecule has 0 aromatic heterocycles. The van der Waals surface area contributed by atoms with Gasteiger partial charge < -0.3 is 9.80 Å². The van der Waals surface area contributed by atoms with Gasteiger partial charge in [0.05, 0.1) is 0 Å². The molecule has 0 atom stereocenters. The zero-order valence-corrected chi connectivity index (χ0v) is 13.1. The van der Waals surface area contributed by atoms with Crippen LogP contribution in [0.4, 0.5) is 0 Å². The number of piperidine rings is 1. The Morgan fingerprint density at radius 1 is 0.818 bits per heavy atom. The van der Waals surface area contributed by atoms with Crippen LogP contribution in [0.2, 0.25) is 0 Å². The maximum absolute atomic E-state index is 12.4. The third-order valence-electron chi connectivity index (χ3n) is 4.74. The monoisotopic (exact) mass is 300 g/mol. The number of rotatable bonds is 3. The smallest absolute Gasteiger partial charge is 0.223 e. The number of fused-ring (bicyclic) bond motifs is 1. The van der Waals surface area contributed by atoms with E-state index in [1.165, 1.54) is 17.5 Å². The molecule has 1 saturated heterocycles. The summed E-state index contributed by atoms with van der Waals surface area (Å²) in [6.07, 6.45) is 5.04. The largest absolute Gasteiger partial charge is 0.343 e. The zero-order valence-electron chi connectivity index (χ0n) is 13.1. The number of hydrogen-bond donors (Lipinski definition) is 0. The van der Waals surface area contributed by atoms with Crippen LogP contribution in [0.1, 0.15) is 43.2 Å². The van der Waals surface area contributed by atoms with E-state index in [9.17, 15) is 9.59 Å². The van der Waals surface area contributed by atoms with Crippen molar-refractivity contribution in [2.24, 2.45) is 0 Å². The lowest BCUT2D eigenvalue weighted by Gasteiger charge is -2.30. The summed E-state index contributed by atoms with van der Waals surface area (Å²) < 4.78 is 0. The van der Waals surface area contributed by atoms with Crippen molar-refractivity contribution in [1.82, 2.24) is 9.80 Å². The number of benzene rings is 1. The van der Waals surface area contributed by atoms with Gasteiger partial charge in [-0.25, -0.2) is 0 Å². The van der Waals surface area contributed by atoms with E-state index in [0.717, 1.165) is 38.9 Å². The molecule has 118 valence electrons. The molecule has 2 aliphatic heterocycles. The Morgan fingerprint density at radius 2 is 1.45 bits per heavy atom. The number of nitrogens with zero attached hydrogens (tertiary/aromatic N) is 2. The maximum atomic E-state index is 12.4. The zero-order chi connectivity index (χ0) is 15.4. The molecule has 0 radical (unpaired) electrons. The highest BCUT2D eigenvalue weighted by Crippen LogP contribution is 2.19. The fraction of sp³-hybridized carbons (Fsp3) is 0.556. The summed E-state index contributed by atoms with van der Waals surface area (Å²) in [4.78, 5) is 28.3. The Bertz CT molecular complexity index is 550. The minimum atomic E-state index is 0.111. The number of hydrogen-bond acceptors (Lipinski definition) is 2. The molecule has 2 amide bonds. The van der Waals surface area contributed by atoms with Crippen LogP contribution in [-0.2, 0) is 22.6 Å². The van der Waals surface area contributed by atoms with Gasteiger partial charge in [-0.2, -0.15) is 0 Å². The van der Waals surface area contributed by atoms with E-state index in [1.54, 1.807) is 0 Å². The third-order valence-corrected chi connectivity index (χ3v) is 4.74. The van der Waals surface area contributed by atoms with Gasteiger partial charge in [-0.1, -0.05) is 24.3 Å². The van der Waals surface area contributed by atoms with Gasteiger partial charge in [-0.3, -0.25) is 9.59 Å². The van der Waals surface area contributed by atoms with Crippen molar-refractivity contribution in [2.75, 3.05) is 19.6 Å². The topological polar surface area (TPSA) is 40.6 Å². The van der Waals surface area contributed by atoms with Gasteiger partial charge in [-0.05, 0) is 36.8 Å². The summed E-state index contributed by atoms with van der Waals surface area (Å²) in [5, 5.41) is 0. The van der Waals surface area contributed by atoms with E-state index < -0.39 is 0 Å². The van der Waals surface area contributed by atoms with Crippen LogP contribution in [0.15, 0.2) is 24.3 Å². The second kappa shape index (κ2) is 6.95. The second-order valence-corrected chi connectivity index (χ2v) is 6.28. The molecule has 2 aliphatic rings. The summed E-state index contributed by atoms with van der Waals surface area (Å²) in [5.41, 5.74) is 2.58. The molecule has 4 nitrogen and oxygen atoms in total. The molecule has 1 aromatic carbocycles. The van der Waals surface area contributed by atoms with Crippen molar-refractivity contribution in [2.45, 2.75) is 45.1 Å². The molecular formula is C18H24N2O2. The molecule has 22 heavy (non-hydrogen) atoms. The van der Waals surface area contributed by atoms with E-state index in [-0.39, 0.29) is 11.8 Å². The van der Waals surface area contributed by atoms with Crippen LogP contribution in [0.3, 0.4) is 0 Å². The number of likely N-dealkylation sites (tertiary alicyclic amines) is 1. The van der Waals surface area contributed by atoms with Crippen LogP contribution >= 0.6 is 0 Å². The summed E-state index contributed by atoms with van der Waals surface area (Å²) in [6.45, 7) is 3.19. The second-order valence-electron chi connectivity index (χ2n) is 6.28. The van der Waals surface area contributed by atoms with Crippen molar-refractivity contribution in [3.8, 4) is 0 Å². The molecule has 0 spiro atoms. The minimum Gasteiger partial charge on any atom is -0.343 e. The normalized spacial score (nSPS) is 18.0. The van der Waals surface area contributed by atoms with Gasteiger partial charge in [0.1, 0.15) is 0 Å². The van der Waals surface area contributed by atoms with Gasteiger partial charge >= 0.3 is 0 Å². The molecule has 0 saturated carbocycles. The molecule has 0 aliphatic carbocycles. The van der Waals surface area contributed by atoms with Crippen LogP contribution in [0.5, 0.6) is 0 Å². The average Bonchev–Trinajstić information content (AvgIpc) is 2.59. The van der Waals surface area contributed by atoms with Crippen LogP contribution < -0.4 is 0 Å². The molecule has 0 N–H and O–H groups in total. The third kappa shape index (κ3) is 3.49.